The van der Waals surface area contributed by atoms with Gasteiger partial charge < -0.3 is 10.1 Å². The summed E-state index contributed by atoms with van der Waals surface area (Å²) >= 11 is 2.49. The Hall–Kier alpha value is -3.22. The third kappa shape index (κ3) is 5.72. The van der Waals surface area contributed by atoms with Crippen molar-refractivity contribution in [2.75, 3.05) is 17.7 Å². The van der Waals surface area contributed by atoms with E-state index in [9.17, 15) is 14.9 Å². The Kier molecular flexibility index (Phi) is 7.98. The molecule has 0 radical (unpaired) electrons. The topological polar surface area (TPSA) is 105 Å². The average molecular weight is 467 g/mol. The molecule has 7 nitrogen and oxygen atoms in total. The molecule has 1 amide bonds. The van der Waals surface area contributed by atoms with Crippen LogP contribution in [0.3, 0.4) is 0 Å². The number of thiazole rings is 1. The van der Waals surface area contributed by atoms with Gasteiger partial charge in [0.25, 0.3) is 0 Å². The van der Waals surface area contributed by atoms with Crippen molar-refractivity contribution in [1.82, 2.24) is 9.97 Å². The smallest absolute Gasteiger partial charge is 0.340 e. The van der Waals surface area contributed by atoms with Crippen LogP contribution < -0.4 is 5.32 Å². The lowest BCUT2D eigenvalue weighted by atomic mass is 10.1. The molecule has 0 fully saturated rings. The fraction of sp³-hybridized carbons (Fsp3) is 0.261. The number of aryl methyl sites for hydroxylation is 2. The molecular formula is C23H22N4O3S2. The van der Waals surface area contributed by atoms with Crippen molar-refractivity contribution in [3.05, 3.63) is 58.1 Å². The first-order valence-electron chi connectivity index (χ1n) is 10.0. The van der Waals surface area contributed by atoms with E-state index in [-0.39, 0.29) is 29.4 Å². The summed E-state index contributed by atoms with van der Waals surface area (Å²) in [6, 6.07) is 11.7. The van der Waals surface area contributed by atoms with E-state index in [1.807, 2.05) is 23.6 Å². The molecule has 1 aromatic carbocycles. The quantitative estimate of drug-likeness (QED) is 0.373. The summed E-state index contributed by atoms with van der Waals surface area (Å²) in [6.45, 7) is 5.72. The zero-order valence-corrected chi connectivity index (χ0v) is 19.6. The molecule has 3 aromatic rings. The number of pyridine rings is 1. The van der Waals surface area contributed by atoms with Gasteiger partial charge in [0.05, 0.1) is 34.9 Å². The Morgan fingerprint density at radius 2 is 1.97 bits per heavy atom. The zero-order chi connectivity index (χ0) is 23.1. The Morgan fingerprint density at radius 1 is 1.22 bits per heavy atom. The summed E-state index contributed by atoms with van der Waals surface area (Å²) in [5.41, 5.74) is 3.98. The molecule has 0 spiro atoms. The Labute approximate surface area is 194 Å². The second-order valence-electron chi connectivity index (χ2n) is 6.73. The van der Waals surface area contributed by atoms with Crippen LogP contribution in [0.25, 0.3) is 11.3 Å². The van der Waals surface area contributed by atoms with Crippen LogP contribution >= 0.6 is 23.1 Å². The van der Waals surface area contributed by atoms with Crippen LogP contribution in [0.1, 0.15) is 41.0 Å². The number of amides is 1. The van der Waals surface area contributed by atoms with E-state index in [4.69, 9.17) is 4.74 Å². The molecule has 0 bridgehead atoms. The number of nitrogens with one attached hydrogen (secondary N) is 1. The first-order chi connectivity index (χ1) is 15.4. The number of nitrogens with zero attached hydrogens (tertiary/aromatic N) is 3. The highest BCUT2D eigenvalue weighted by Crippen LogP contribution is 2.27. The van der Waals surface area contributed by atoms with Gasteiger partial charge in [-0.1, -0.05) is 43.0 Å². The largest absolute Gasteiger partial charge is 0.462 e. The van der Waals surface area contributed by atoms with Gasteiger partial charge in [0.1, 0.15) is 11.1 Å². The Balaban J connectivity index is 1.64. The summed E-state index contributed by atoms with van der Waals surface area (Å²) in [5, 5.41) is 15.0. The molecule has 2 heterocycles. The number of nitriles is 1. The number of anilines is 1. The molecule has 9 heteroatoms. The molecule has 0 aliphatic heterocycles. The van der Waals surface area contributed by atoms with E-state index in [0.29, 0.717) is 15.9 Å². The maximum atomic E-state index is 12.4. The molecule has 1 N–H and O–H groups in total. The maximum Gasteiger partial charge on any atom is 0.340 e. The van der Waals surface area contributed by atoms with Crippen LogP contribution in [0.2, 0.25) is 0 Å². The molecule has 0 aliphatic carbocycles. The number of thioether (sulfide) groups is 1. The molecule has 0 atom stereocenters. The fourth-order valence-corrected chi connectivity index (χ4v) is 4.39. The van der Waals surface area contributed by atoms with Gasteiger partial charge in [-0.3, -0.25) is 4.79 Å². The summed E-state index contributed by atoms with van der Waals surface area (Å²) in [5.74, 6) is -0.720. The van der Waals surface area contributed by atoms with Crippen molar-refractivity contribution in [2.45, 2.75) is 32.2 Å². The van der Waals surface area contributed by atoms with Gasteiger partial charge in [-0.2, -0.15) is 5.26 Å². The van der Waals surface area contributed by atoms with Gasteiger partial charge in [0, 0.05) is 10.9 Å². The highest BCUT2D eigenvalue weighted by Gasteiger charge is 2.17. The van der Waals surface area contributed by atoms with Crippen molar-refractivity contribution in [3.8, 4) is 17.3 Å². The molecule has 0 unspecified atom stereocenters. The molecule has 164 valence electrons. The minimum absolute atomic E-state index is 0.0555. The third-order valence-electron chi connectivity index (χ3n) is 4.54. The van der Waals surface area contributed by atoms with Gasteiger partial charge in [0.2, 0.25) is 5.91 Å². The van der Waals surface area contributed by atoms with E-state index >= 15 is 0 Å². The minimum Gasteiger partial charge on any atom is -0.462 e. The van der Waals surface area contributed by atoms with Gasteiger partial charge in [-0.05, 0) is 31.9 Å². The highest BCUT2D eigenvalue weighted by atomic mass is 32.2. The lowest BCUT2D eigenvalue weighted by Crippen LogP contribution is -2.14. The molecule has 0 aliphatic rings. The SMILES string of the molecule is CCOC(=O)c1cc(C#N)c(SCC(=O)Nc2nc(-c3ccc(CC)cc3)cs2)nc1C. The van der Waals surface area contributed by atoms with Crippen LogP contribution in [0, 0.1) is 18.3 Å². The molecule has 0 saturated carbocycles. The number of aromatic nitrogens is 2. The number of esters is 1. The standard InChI is InChI=1S/C23H22N4O3S2/c1-4-15-6-8-16(9-7-15)19-12-32-23(26-19)27-20(28)13-31-21-17(11-24)10-18(14(3)25-21)22(29)30-5-2/h6-10,12H,4-5,13H2,1-3H3,(H,26,27,28). The van der Waals surface area contributed by atoms with E-state index in [2.05, 4.69) is 34.3 Å². The van der Waals surface area contributed by atoms with Crippen LogP contribution in [-0.2, 0) is 16.0 Å². The normalized spacial score (nSPS) is 10.4. The van der Waals surface area contributed by atoms with Crippen LogP contribution in [0.15, 0.2) is 40.7 Å². The van der Waals surface area contributed by atoms with Crippen molar-refractivity contribution in [2.24, 2.45) is 0 Å². The maximum absolute atomic E-state index is 12.4. The number of hydrogen-bond donors (Lipinski definition) is 1. The number of carbonyl (C=O) groups is 2. The summed E-state index contributed by atoms with van der Waals surface area (Å²) in [4.78, 5) is 33.2. The van der Waals surface area contributed by atoms with Crippen molar-refractivity contribution < 1.29 is 14.3 Å². The van der Waals surface area contributed by atoms with Crippen LogP contribution in [-0.4, -0.2) is 34.2 Å². The van der Waals surface area contributed by atoms with Gasteiger partial charge in [-0.25, -0.2) is 14.8 Å². The minimum atomic E-state index is -0.521. The average Bonchev–Trinajstić information content (AvgIpc) is 3.26. The number of benzene rings is 1. The fourth-order valence-electron chi connectivity index (χ4n) is 2.85. The van der Waals surface area contributed by atoms with Gasteiger partial charge in [-0.15, -0.1) is 11.3 Å². The number of hydrogen-bond acceptors (Lipinski definition) is 8. The third-order valence-corrected chi connectivity index (χ3v) is 6.29. The second kappa shape index (κ2) is 10.9. The Morgan fingerprint density at radius 3 is 2.62 bits per heavy atom. The summed E-state index contributed by atoms with van der Waals surface area (Å²) < 4.78 is 4.99. The predicted octanol–water partition coefficient (Wildman–Crippen LogP) is 4.86. The van der Waals surface area contributed by atoms with E-state index in [0.717, 1.165) is 29.4 Å². The number of rotatable bonds is 8. The first kappa shape index (κ1) is 23.4. The van der Waals surface area contributed by atoms with Crippen LogP contribution in [0.5, 0.6) is 0 Å². The molecular weight excluding hydrogens is 444 g/mol. The molecule has 3 rings (SSSR count). The van der Waals surface area contributed by atoms with E-state index < -0.39 is 5.97 Å². The number of ether oxygens (including phenoxy) is 1. The molecule has 2 aromatic heterocycles. The van der Waals surface area contributed by atoms with Gasteiger partial charge >= 0.3 is 5.97 Å². The van der Waals surface area contributed by atoms with E-state index in [1.54, 1.807) is 13.8 Å². The first-order valence-corrected chi connectivity index (χ1v) is 11.9. The summed E-state index contributed by atoms with van der Waals surface area (Å²) in [7, 11) is 0. The highest BCUT2D eigenvalue weighted by molar-refractivity contribution is 8.00. The van der Waals surface area contributed by atoms with Crippen molar-refractivity contribution in [1.29, 1.82) is 5.26 Å². The van der Waals surface area contributed by atoms with E-state index in [1.165, 1.54) is 23.0 Å². The summed E-state index contributed by atoms with van der Waals surface area (Å²) in [6.07, 6.45) is 0.976. The molecule has 0 saturated heterocycles. The Bertz CT molecular complexity index is 1170. The predicted molar refractivity (Wildman–Crippen MR) is 126 cm³/mol. The van der Waals surface area contributed by atoms with Gasteiger partial charge in [0.15, 0.2) is 5.13 Å². The number of carbonyl (C=O) groups excluding carboxylic acids is 2. The lowest BCUT2D eigenvalue weighted by molar-refractivity contribution is -0.113. The zero-order valence-electron chi connectivity index (χ0n) is 18.0. The lowest BCUT2D eigenvalue weighted by Gasteiger charge is -2.09. The van der Waals surface area contributed by atoms with Crippen LogP contribution in [0.4, 0.5) is 5.13 Å². The molecule has 32 heavy (non-hydrogen) atoms. The monoisotopic (exact) mass is 466 g/mol. The second-order valence-corrected chi connectivity index (χ2v) is 8.55. The van der Waals surface area contributed by atoms with Crippen molar-refractivity contribution >= 4 is 40.1 Å². The van der Waals surface area contributed by atoms with Crippen molar-refractivity contribution in [3.63, 3.8) is 0 Å².